The quantitative estimate of drug-likeness (QED) is 0.124. The van der Waals surface area contributed by atoms with Crippen molar-refractivity contribution in [2.24, 2.45) is 5.92 Å². The van der Waals surface area contributed by atoms with Gasteiger partial charge in [0, 0.05) is 37.9 Å². The first-order chi connectivity index (χ1) is 21.7. The molecular formula is C40H43GeIrN3O-2. The number of aromatic nitrogens is 3. The van der Waals surface area contributed by atoms with Gasteiger partial charge in [-0.25, -0.2) is 4.98 Å². The van der Waals surface area contributed by atoms with Crippen molar-refractivity contribution >= 4 is 39.7 Å². The van der Waals surface area contributed by atoms with Crippen molar-refractivity contribution < 1.29 is 24.5 Å². The molecule has 0 N–H and O–H groups in total. The van der Waals surface area contributed by atoms with E-state index in [9.17, 15) is 0 Å². The van der Waals surface area contributed by atoms with Gasteiger partial charge in [-0.1, -0.05) is 43.0 Å². The van der Waals surface area contributed by atoms with E-state index in [1.54, 1.807) is 16.2 Å². The van der Waals surface area contributed by atoms with Crippen molar-refractivity contribution in [1.82, 2.24) is 15.0 Å². The number of nitrogens with zero attached hydrogens (tertiary/aromatic N) is 3. The van der Waals surface area contributed by atoms with E-state index in [0.29, 0.717) is 11.6 Å². The molecule has 0 saturated heterocycles. The molecule has 6 aromatic rings. The normalized spacial score (nSPS) is 13.5. The Labute approximate surface area is 290 Å². The number of rotatable bonds is 6. The maximum atomic E-state index is 5.83. The Bertz CT molecular complexity index is 1920. The molecule has 0 aliphatic heterocycles. The average Bonchev–Trinajstić information content (AvgIpc) is 3.69. The zero-order valence-corrected chi connectivity index (χ0v) is 32.3. The fourth-order valence-corrected chi connectivity index (χ4v) is 9.75. The number of pyridine rings is 3. The van der Waals surface area contributed by atoms with Gasteiger partial charge in [-0.2, -0.15) is 0 Å². The average molecular weight is 847 g/mol. The smallest absolute Gasteiger partial charge is 0 e. The van der Waals surface area contributed by atoms with E-state index in [-0.39, 0.29) is 20.1 Å². The zero-order valence-electron chi connectivity index (χ0n) is 27.8. The molecule has 1 fully saturated rings. The first kappa shape index (κ1) is 34.2. The molecule has 7 rings (SSSR count). The Morgan fingerprint density at radius 1 is 0.913 bits per heavy atom. The summed E-state index contributed by atoms with van der Waals surface area (Å²) in [4.78, 5) is 13.6. The predicted molar refractivity (Wildman–Crippen MR) is 190 cm³/mol. The van der Waals surface area contributed by atoms with Crippen LogP contribution in [0.25, 0.3) is 44.6 Å². The van der Waals surface area contributed by atoms with Crippen LogP contribution < -0.4 is 4.40 Å². The third kappa shape index (κ3) is 7.70. The molecule has 4 heterocycles. The summed E-state index contributed by atoms with van der Waals surface area (Å²) in [5.74, 6) is 8.78. The number of benzene rings is 2. The van der Waals surface area contributed by atoms with Crippen molar-refractivity contribution in [2.45, 2.75) is 76.1 Å². The summed E-state index contributed by atoms with van der Waals surface area (Å²) in [7, 11) is 0. The minimum Gasteiger partial charge on any atom is 0 e. The number of aryl methyl sites for hydroxylation is 1. The Kier molecular flexibility index (Phi) is 11.0. The van der Waals surface area contributed by atoms with E-state index in [4.69, 9.17) is 9.40 Å². The van der Waals surface area contributed by atoms with Crippen LogP contribution in [0.4, 0.5) is 0 Å². The molecule has 1 aliphatic carbocycles. The van der Waals surface area contributed by atoms with Gasteiger partial charge >= 0.3 is 144 Å². The summed E-state index contributed by atoms with van der Waals surface area (Å²) >= 11 is -1.88. The van der Waals surface area contributed by atoms with E-state index in [1.165, 1.54) is 43.2 Å². The van der Waals surface area contributed by atoms with Crippen LogP contribution in [-0.2, 0) is 26.5 Å². The summed E-state index contributed by atoms with van der Waals surface area (Å²) in [5, 5.41) is 2.03. The first-order valence-corrected chi connectivity index (χ1v) is 23.6. The van der Waals surface area contributed by atoms with Crippen molar-refractivity contribution in [1.29, 1.82) is 0 Å². The van der Waals surface area contributed by atoms with E-state index >= 15 is 0 Å². The molecule has 1 radical (unpaired) electrons. The number of hydrogen-bond donors (Lipinski definition) is 0. The second kappa shape index (κ2) is 14.8. The van der Waals surface area contributed by atoms with Gasteiger partial charge < -0.3 is 9.40 Å². The molecule has 0 atom stereocenters. The number of fused-ring (bicyclic) bond motifs is 3. The topological polar surface area (TPSA) is 51.8 Å². The van der Waals surface area contributed by atoms with Crippen LogP contribution in [-0.4, -0.2) is 28.2 Å². The summed E-state index contributed by atoms with van der Waals surface area (Å²) in [6.45, 7) is 6.47. The standard InChI is InChI=1S/C21H28GeN.C19H15N2O.Ir/c1-16-9-11-18(12-10-16)21-14-19(13-17-7-5-6-8-17)20(15-23-21)22(2,3)4;1-12(2)13-8-10-20-16(11-13)14-5-3-7-17-18(14)15-6-4-9-21-19(15)22-17;/h9-11,14-15,17H,5-8,13H2,1-4H3;3-4,6-12H,1-2H3;/q2*-1;. The SMILES string of the molecule is CC(C)c1ccnc(-c2[c-]ccc3oc4ncccc4c23)c1.Cc1c[c-]c(-c2cc(CC3CCCC3)[c]([Ge]([CH3])([CH3])[CH3])cn2)cc1.[Ir]. The maximum absolute atomic E-state index is 5.83. The van der Waals surface area contributed by atoms with Crippen LogP contribution >= 0.6 is 0 Å². The Morgan fingerprint density at radius 3 is 2.43 bits per heavy atom. The molecule has 0 spiro atoms. The third-order valence-corrected chi connectivity index (χ3v) is 13.3. The van der Waals surface area contributed by atoms with Gasteiger partial charge in [0.15, 0.2) is 0 Å². The molecule has 4 aromatic heterocycles. The Balaban J connectivity index is 0.000000177. The first-order valence-electron chi connectivity index (χ1n) is 16.3. The molecular weight excluding hydrogens is 803 g/mol. The predicted octanol–water partition coefficient (Wildman–Crippen LogP) is 10.1. The minimum absolute atomic E-state index is 0. The van der Waals surface area contributed by atoms with Gasteiger partial charge in [0.1, 0.15) is 0 Å². The molecule has 1 aliphatic rings. The van der Waals surface area contributed by atoms with Gasteiger partial charge in [0.2, 0.25) is 5.71 Å². The van der Waals surface area contributed by atoms with E-state index < -0.39 is 13.3 Å². The largest absolute Gasteiger partial charge is 0 e. The van der Waals surface area contributed by atoms with Gasteiger partial charge in [-0.3, -0.25) is 0 Å². The van der Waals surface area contributed by atoms with Gasteiger partial charge in [0.05, 0.1) is 5.58 Å². The summed E-state index contributed by atoms with van der Waals surface area (Å²) in [6.07, 6.45) is 12.7. The Hall–Kier alpha value is -3.12. The molecule has 0 bridgehead atoms. The van der Waals surface area contributed by atoms with Crippen LogP contribution in [0.15, 0.2) is 83.7 Å². The fourth-order valence-electron chi connectivity index (χ4n) is 6.42. The molecule has 0 amide bonds. The monoisotopic (exact) mass is 848 g/mol. The molecule has 2 aromatic carbocycles. The second-order valence-corrected chi connectivity index (χ2v) is 24.4. The molecule has 239 valence electrons. The van der Waals surface area contributed by atoms with Gasteiger partial charge in [0.25, 0.3) is 0 Å². The maximum Gasteiger partial charge on any atom is 0 e. The van der Waals surface area contributed by atoms with Crippen molar-refractivity contribution in [3.05, 3.63) is 108 Å². The molecule has 6 heteroatoms. The van der Waals surface area contributed by atoms with Crippen molar-refractivity contribution in [3.63, 3.8) is 0 Å². The zero-order chi connectivity index (χ0) is 31.6. The van der Waals surface area contributed by atoms with Crippen LogP contribution in [0.2, 0.25) is 17.3 Å². The third-order valence-electron chi connectivity index (χ3n) is 8.94. The number of hydrogen-bond acceptors (Lipinski definition) is 4. The van der Waals surface area contributed by atoms with Crippen molar-refractivity contribution in [2.75, 3.05) is 0 Å². The van der Waals surface area contributed by atoms with E-state index in [2.05, 4.69) is 103 Å². The minimum atomic E-state index is -1.88. The summed E-state index contributed by atoms with van der Waals surface area (Å²) in [6, 6.07) is 27.4. The summed E-state index contributed by atoms with van der Waals surface area (Å²) < 4.78 is 7.42. The summed E-state index contributed by atoms with van der Waals surface area (Å²) in [5.41, 5.74) is 9.66. The van der Waals surface area contributed by atoms with E-state index in [0.717, 1.165) is 44.8 Å². The van der Waals surface area contributed by atoms with Crippen LogP contribution in [0.1, 0.15) is 62.1 Å². The molecule has 46 heavy (non-hydrogen) atoms. The molecule has 0 unspecified atom stereocenters. The van der Waals surface area contributed by atoms with Gasteiger partial charge in [-0.05, 0) is 23.7 Å². The van der Waals surface area contributed by atoms with E-state index in [1.807, 2.05) is 30.5 Å². The van der Waals surface area contributed by atoms with Gasteiger partial charge in [-0.15, -0.1) is 17.7 Å². The van der Waals surface area contributed by atoms with Crippen LogP contribution in [0.5, 0.6) is 0 Å². The Morgan fingerprint density at radius 2 is 1.72 bits per heavy atom. The molecule has 1 saturated carbocycles. The number of furan rings is 1. The second-order valence-electron chi connectivity index (χ2n) is 13.8. The fraction of sp³-hybridized carbons (Fsp3) is 0.325. The van der Waals surface area contributed by atoms with Crippen LogP contribution in [0.3, 0.4) is 0 Å². The van der Waals surface area contributed by atoms with Crippen LogP contribution in [0, 0.1) is 25.0 Å². The molecule has 4 nitrogen and oxygen atoms in total. The van der Waals surface area contributed by atoms with Crippen molar-refractivity contribution in [3.8, 4) is 22.5 Å².